The van der Waals surface area contributed by atoms with E-state index in [-0.39, 0.29) is 17.3 Å². The zero-order chi connectivity index (χ0) is 20.2. The number of nitrogens with zero attached hydrogens (tertiary/aromatic N) is 1. The van der Waals surface area contributed by atoms with Crippen molar-refractivity contribution in [1.82, 2.24) is 4.31 Å². The quantitative estimate of drug-likeness (QED) is 0.785. The molecule has 2 aromatic carbocycles. The van der Waals surface area contributed by atoms with Crippen molar-refractivity contribution in [2.75, 3.05) is 18.9 Å². The lowest BCUT2D eigenvalue weighted by Crippen LogP contribution is -2.35. The Bertz CT molecular complexity index is 883. The Kier molecular flexibility index (Phi) is 6.78. The molecule has 0 saturated heterocycles. The fourth-order valence-corrected chi connectivity index (χ4v) is 4.05. The summed E-state index contributed by atoms with van der Waals surface area (Å²) in [5, 5.41) is 2.82. The Morgan fingerprint density at radius 2 is 1.59 bits per heavy atom. The van der Waals surface area contributed by atoms with Gasteiger partial charge in [0.2, 0.25) is 15.9 Å². The van der Waals surface area contributed by atoms with Gasteiger partial charge in [-0.2, -0.15) is 4.31 Å². The summed E-state index contributed by atoms with van der Waals surface area (Å²) < 4.78 is 26.5. The standard InChI is InChI=1S/C21H28N2O3S/c1-15(2)13-18-9-11-19(12-10-18)27(25,26)23(5)14-20(24)22-21-16(3)7-6-8-17(21)4/h6-12,15H,13-14H2,1-5H3,(H,22,24). The molecule has 0 unspecified atom stereocenters. The Morgan fingerprint density at radius 3 is 2.11 bits per heavy atom. The molecule has 0 aliphatic carbocycles. The molecule has 27 heavy (non-hydrogen) atoms. The number of para-hydroxylation sites is 1. The molecular weight excluding hydrogens is 360 g/mol. The van der Waals surface area contributed by atoms with E-state index in [2.05, 4.69) is 19.2 Å². The van der Waals surface area contributed by atoms with Crippen LogP contribution in [0, 0.1) is 19.8 Å². The van der Waals surface area contributed by atoms with Gasteiger partial charge in [0.05, 0.1) is 11.4 Å². The van der Waals surface area contributed by atoms with Crippen molar-refractivity contribution >= 4 is 21.6 Å². The molecule has 5 nitrogen and oxygen atoms in total. The molecule has 2 rings (SSSR count). The molecular formula is C21H28N2O3S. The zero-order valence-corrected chi connectivity index (χ0v) is 17.4. The van der Waals surface area contributed by atoms with Crippen LogP contribution >= 0.6 is 0 Å². The number of hydrogen-bond acceptors (Lipinski definition) is 3. The number of likely N-dealkylation sites (N-methyl/N-ethyl adjacent to an activating group) is 1. The minimum Gasteiger partial charge on any atom is -0.324 e. The second-order valence-corrected chi connectivity index (χ2v) is 9.36. The van der Waals surface area contributed by atoms with Crippen molar-refractivity contribution < 1.29 is 13.2 Å². The normalized spacial score (nSPS) is 11.8. The summed E-state index contributed by atoms with van der Waals surface area (Å²) in [4.78, 5) is 12.6. The third-order valence-corrected chi connectivity index (χ3v) is 6.20. The molecule has 0 spiro atoms. The van der Waals surface area contributed by atoms with E-state index < -0.39 is 10.0 Å². The number of benzene rings is 2. The van der Waals surface area contributed by atoms with Gasteiger partial charge in [0.1, 0.15) is 0 Å². The maximum atomic E-state index is 12.7. The molecule has 1 amide bonds. The molecule has 0 saturated carbocycles. The van der Waals surface area contributed by atoms with Gasteiger partial charge < -0.3 is 5.32 Å². The molecule has 146 valence electrons. The summed E-state index contributed by atoms with van der Waals surface area (Å²) in [6, 6.07) is 12.6. The minimum atomic E-state index is -3.72. The largest absolute Gasteiger partial charge is 0.324 e. The maximum Gasteiger partial charge on any atom is 0.243 e. The van der Waals surface area contributed by atoms with Crippen molar-refractivity contribution in [2.45, 2.75) is 39.0 Å². The van der Waals surface area contributed by atoms with Crippen LogP contribution in [0.3, 0.4) is 0 Å². The maximum absolute atomic E-state index is 12.7. The molecule has 0 aliphatic heterocycles. The molecule has 1 N–H and O–H groups in total. The first-order chi connectivity index (χ1) is 12.6. The number of anilines is 1. The molecule has 0 fully saturated rings. The smallest absolute Gasteiger partial charge is 0.243 e. The fraction of sp³-hybridized carbons (Fsp3) is 0.381. The number of hydrogen-bond donors (Lipinski definition) is 1. The zero-order valence-electron chi connectivity index (χ0n) is 16.6. The third kappa shape index (κ3) is 5.40. The molecule has 2 aromatic rings. The summed E-state index contributed by atoms with van der Waals surface area (Å²) in [6.07, 6.45) is 0.897. The Morgan fingerprint density at radius 1 is 1.04 bits per heavy atom. The van der Waals surface area contributed by atoms with Crippen LogP contribution in [-0.4, -0.2) is 32.2 Å². The fourth-order valence-electron chi connectivity index (χ4n) is 2.93. The van der Waals surface area contributed by atoms with E-state index in [1.165, 1.54) is 7.05 Å². The van der Waals surface area contributed by atoms with Gasteiger partial charge in [0, 0.05) is 12.7 Å². The van der Waals surface area contributed by atoms with Crippen LogP contribution in [0.4, 0.5) is 5.69 Å². The number of nitrogens with one attached hydrogen (secondary N) is 1. The Hall–Kier alpha value is -2.18. The van der Waals surface area contributed by atoms with E-state index in [4.69, 9.17) is 0 Å². The molecule has 0 heterocycles. The van der Waals surface area contributed by atoms with Crippen molar-refractivity contribution in [1.29, 1.82) is 0 Å². The highest BCUT2D eigenvalue weighted by atomic mass is 32.2. The summed E-state index contributed by atoms with van der Waals surface area (Å²) >= 11 is 0. The highest BCUT2D eigenvalue weighted by Crippen LogP contribution is 2.20. The summed E-state index contributed by atoms with van der Waals surface area (Å²) in [6.45, 7) is 7.80. The van der Waals surface area contributed by atoms with Gasteiger partial charge in [-0.05, 0) is 55.0 Å². The van der Waals surface area contributed by atoms with Gasteiger partial charge in [0.25, 0.3) is 0 Å². The summed E-state index contributed by atoms with van der Waals surface area (Å²) in [5.41, 5.74) is 3.70. The van der Waals surface area contributed by atoms with E-state index in [1.54, 1.807) is 12.1 Å². The highest BCUT2D eigenvalue weighted by molar-refractivity contribution is 7.89. The summed E-state index contributed by atoms with van der Waals surface area (Å²) in [5.74, 6) is 0.138. The number of aryl methyl sites for hydroxylation is 2. The number of carbonyl (C=O) groups is 1. The van der Waals surface area contributed by atoms with E-state index in [0.717, 1.165) is 33.1 Å². The second kappa shape index (κ2) is 8.67. The van der Waals surface area contributed by atoms with Crippen LogP contribution in [0.2, 0.25) is 0 Å². The van der Waals surface area contributed by atoms with Crippen LogP contribution < -0.4 is 5.32 Å². The second-order valence-electron chi connectivity index (χ2n) is 7.32. The van der Waals surface area contributed by atoms with Crippen molar-refractivity contribution in [2.24, 2.45) is 5.92 Å². The minimum absolute atomic E-state index is 0.192. The monoisotopic (exact) mass is 388 g/mol. The first kappa shape index (κ1) is 21.1. The number of sulfonamides is 1. The van der Waals surface area contributed by atoms with Gasteiger partial charge in [-0.3, -0.25) is 4.79 Å². The van der Waals surface area contributed by atoms with Crippen LogP contribution in [0.25, 0.3) is 0 Å². The summed E-state index contributed by atoms with van der Waals surface area (Å²) in [7, 11) is -2.30. The van der Waals surface area contributed by atoms with Gasteiger partial charge in [-0.1, -0.05) is 44.2 Å². The lowest BCUT2D eigenvalue weighted by molar-refractivity contribution is -0.116. The molecule has 0 aromatic heterocycles. The average molecular weight is 389 g/mol. The van der Waals surface area contributed by atoms with Crippen molar-refractivity contribution in [3.8, 4) is 0 Å². The third-order valence-electron chi connectivity index (χ3n) is 4.39. The van der Waals surface area contributed by atoms with Crippen LogP contribution in [0.5, 0.6) is 0 Å². The lowest BCUT2D eigenvalue weighted by Gasteiger charge is -2.18. The predicted molar refractivity (Wildman–Crippen MR) is 109 cm³/mol. The number of amides is 1. The Labute approximate surface area is 162 Å². The first-order valence-electron chi connectivity index (χ1n) is 9.02. The van der Waals surface area contributed by atoms with Gasteiger partial charge in [-0.25, -0.2) is 8.42 Å². The van der Waals surface area contributed by atoms with Crippen LogP contribution in [0.1, 0.15) is 30.5 Å². The first-order valence-corrected chi connectivity index (χ1v) is 10.5. The highest BCUT2D eigenvalue weighted by Gasteiger charge is 2.23. The van der Waals surface area contributed by atoms with E-state index in [1.807, 2.05) is 44.2 Å². The van der Waals surface area contributed by atoms with Gasteiger partial charge in [-0.15, -0.1) is 0 Å². The molecule has 0 bridgehead atoms. The van der Waals surface area contributed by atoms with Gasteiger partial charge >= 0.3 is 0 Å². The predicted octanol–water partition coefficient (Wildman–Crippen LogP) is 3.76. The number of rotatable bonds is 7. The van der Waals surface area contributed by atoms with Crippen LogP contribution in [-0.2, 0) is 21.2 Å². The van der Waals surface area contributed by atoms with Gasteiger partial charge in [0.15, 0.2) is 0 Å². The lowest BCUT2D eigenvalue weighted by atomic mass is 10.0. The van der Waals surface area contributed by atoms with Crippen molar-refractivity contribution in [3.05, 3.63) is 59.2 Å². The average Bonchev–Trinajstić information content (AvgIpc) is 2.58. The van der Waals surface area contributed by atoms with E-state index >= 15 is 0 Å². The topological polar surface area (TPSA) is 66.5 Å². The number of carbonyl (C=O) groups excluding carboxylic acids is 1. The molecule has 0 aliphatic rings. The van der Waals surface area contributed by atoms with Crippen LogP contribution in [0.15, 0.2) is 47.4 Å². The van der Waals surface area contributed by atoms with E-state index in [0.29, 0.717) is 5.92 Å². The van der Waals surface area contributed by atoms with E-state index in [9.17, 15) is 13.2 Å². The molecule has 6 heteroatoms. The van der Waals surface area contributed by atoms with Crippen molar-refractivity contribution in [3.63, 3.8) is 0 Å². The SMILES string of the molecule is Cc1cccc(C)c1NC(=O)CN(C)S(=O)(=O)c1ccc(CC(C)C)cc1. The molecule has 0 radical (unpaired) electrons. The Balaban J connectivity index is 2.09. The molecule has 0 atom stereocenters.